The summed E-state index contributed by atoms with van der Waals surface area (Å²) in [5.74, 6) is -2.99. The maximum atomic E-state index is 13.9. The summed E-state index contributed by atoms with van der Waals surface area (Å²) in [4.78, 5) is 55.1. The van der Waals surface area contributed by atoms with Crippen molar-refractivity contribution in [1.82, 2.24) is 14.0 Å². The minimum atomic E-state index is -4.59. The highest BCUT2D eigenvalue weighted by Crippen LogP contribution is 2.44. The van der Waals surface area contributed by atoms with Gasteiger partial charge in [0.05, 0.1) is 35.8 Å². The number of amides is 3. The number of hydrogen-bond donors (Lipinski definition) is 0. The molecule has 3 amide bonds. The number of anilines is 1. The monoisotopic (exact) mass is 544 g/mol. The predicted octanol–water partition coefficient (Wildman–Crippen LogP) is 4.01. The number of imidazole rings is 1. The van der Waals surface area contributed by atoms with Crippen molar-refractivity contribution in [1.29, 1.82) is 0 Å². The summed E-state index contributed by atoms with van der Waals surface area (Å²) in [6.07, 6.45) is -4.47. The quantitative estimate of drug-likeness (QED) is 0.358. The Balaban J connectivity index is 1.61. The van der Waals surface area contributed by atoms with Gasteiger partial charge in [0, 0.05) is 19.3 Å². The molecule has 0 spiro atoms. The van der Waals surface area contributed by atoms with Crippen molar-refractivity contribution in [3.05, 3.63) is 63.6 Å². The smallest absolute Gasteiger partial charge is 0.416 e. The molecule has 3 aromatic rings. The second kappa shape index (κ2) is 9.58. The molecule has 9 nitrogen and oxygen atoms in total. The summed E-state index contributed by atoms with van der Waals surface area (Å²) < 4.78 is 49.2. The van der Waals surface area contributed by atoms with E-state index in [0.29, 0.717) is 23.3 Å². The second-order valence-electron chi connectivity index (χ2n) is 9.59. The van der Waals surface area contributed by atoms with E-state index in [1.54, 1.807) is 32.2 Å². The van der Waals surface area contributed by atoms with Crippen LogP contribution in [0.4, 0.5) is 23.7 Å². The largest absolute Gasteiger partial charge is 0.465 e. The van der Waals surface area contributed by atoms with Gasteiger partial charge in [-0.25, -0.2) is 9.59 Å². The molecule has 39 heavy (non-hydrogen) atoms. The number of aryl methyl sites for hydroxylation is 2. The van der Waals surface area contributed by atoms with Gasteiger partial charge >= 0.3 is 23.9 Å². The first-order valence-electron chi connectivity index (χ1n) is 12.7. The van der Waals surface area contributed by atoms with Gasteiger partial charge in [0.2, 0.25) is 5.91 Å². The maximum absolute atomic E-state index is 13.9. The minimum Gasteiger partial charge on any atom is -0.465 e. The van der Waals surface area contributed by atoms with Gasteiger partial charge < -0.3 is 4.74 Å². The lowest BCUT2D eigenvalue weighted by Gasteiger charge is -2.40. The van der Waals surface area contributed by atoms with Crippen LogP contribution < -0.4 is 10.6 Å². The van der Waals surface area contributed by atoms with Gasteiger partial charge in [-0.05, 0) is 62.1 Å². The Morgan fingerprint density at radius 1 is 1.08 bits per heavy atom. The molecule has 2 aromatic carbocycles. The van der Waals surface area contributed by atoms with Gasteiger partial charge in [-0.3, -0.25) is 28.5 Å². The van der Waals surface area contributed by atoms with Crippen molar-refractivity contribution < 1.29 is 32.3 Å². The van der Waals surface area contributed by atoms with Gasteiger partial charge in [-0.2, -0.15) is 13.2 Å². The molecule has 1 aliphatic heterocycles. The minimum absolute atomic E-state index is 0.0104. The lowest BCUT2D eigenvalue weighted by Crippen LogP contribution is -2.59. The van der Waals surface area contributed by atoms with Gasteiger partial charge in [0.15, 0.2) is 5.92 Å². The summed E-state index contributed by atoms with van der Waals surface area (Å²) in [6.45, 7) is 3.49. The third-order valence-electron chi connectivity index (χ3n) is 7.52. The third-order valence-corrected chi connectivity index (χ3v) is 7.52. The molecule has 2 heterocycles. The number of carbonyl (C=O) groups is 3. The van der Waals surface area contributed by atoms with Crippen LogP contribution in [0.2, 0.25) is 0 Å². The molecule has 0 bridgehead atoms. The van der Waals surface area contributed by atoms with Crippen LogP contribution in [0, 0.1) is 5.92 Å². The van der Waals surface area contributed by atoms with Gasteiger partial charge in [-0.1, -0.05) is 12.1 Å². The molecule has 1 fully saturated rings. The number of hydrogen-bond acceptors (Lipinski definition) is 5. The molecular weight excluding hydrogens is 517 g/mol. The number of benzene rings is 2. The van der Waals surface area contributed by atoms with E-state index < -0.39 is 41.6 Å². The van der Waals surface area contributed by atoms with Crippen molar-refractivity contribution in [2.45, 2.75) is 45.5 Å². The van der Waals surface area contributed by atoms with E-state index in [4.69, 9.17) is 4.74 Å². The average molecular weight is 545 g/mol. The molecule has 1 aromatic heterocycles. The summed E-state index contributed by atoms with van der Waals surface area (Å²) in [5.41, 5.74) is 0.771. The number of ether oxygens (including phenoxy) is 1. The zero-order valence-electron chi connectivity index (χ0n) is 21.6. The Morgan fingerprint density at radius 2 is 1.82 bits per heavy atom. The van der Waals surface area contributed by atoms with Gasteiger partial charge in [0.25, 0.3) is 0 Å². The molecule has 12 heteroatoms. The maximum Gasteiger partial charge on any atom is 0.416 e. The Bertz CT molecular complexity index is 1560. The number of urea groups is 1. The van der Waals surface area contributed by atoms with Crippen LogP contribution in [0.1, 0.15) is 43.0 Å². The summed E-state index contributed by atoms with van der Waals surface area (Å²) >= 11 is 0. The zero-order valence-corrected chi connectivity index (χ0v) is 21.6. The summed E-state index contributed by atoms with van der Waals surface area (Å²) in [5, 5.41) is 0. The first kappa shape index (κ1) is 26.5. The number of nitrogens with zero attached hydrogens (tertiary/aromatic N) is 4. The Kier molecular flexibility index (Phi) is 6.51. The second-order valence-corrected chi connectivity index (χ2v) is 9.59. The molecule has 1 saturated heterocycles. The lowest BCUT2D eigenvalue weighted by molar-refractivity contribution is -0.155. The molecule has 2 aliphatic rings. The van der Waals surface area contributed by atoms with Crippen molar-refractivity contribution in [2.24, 2.45) is 13.0 Å². The summed E-state index contributed by atoms with van der Waals surface area (Å²) in [7, 11) is 1.63. The molecule has 1 aliphatic carbocycles. The fourth-order valence-electron chi connectivity index (χ4n) is 5.69. The highest BCUT2D eigenvalue weighted by atomic mass is 19.4. The Hall–Kier alpha value is -4.09. The number of imide groups is 1. The Labute approximate surface area is 221 Å². The number of carbonyl (C=O) groups excluding carboxylic acids is 3. The molecule has 206 valence electrons. The molecule has 5 rings (SSSR count). The van der Waals surface area contributed by atoms with E-state index in [2.05, 4.69) is 0 Å². The normalized spacial score (nSPS) is 19.6. The van der Waals surface area contributed by atoms with Crippen molar-refractivity contribution in [3.8, 4) is 0 Å². The topological polar surface area (TPSA) is 93.8 Å². The number of halogens is 3. The first-order chi connectivity index (χ1) is 18.5. The fourth-order valence-corrected chi connectivity index (χ4v) is 5.69. The fraction of sp³-hybridized carbons (Fsp3) is 0.407. The lowest BCUT2D eigenvalue weighted by atomic mass is 9.98. The van der Waals surface area contributed by atoms with E-state index in [1.165, 1.54) is 26.2 Å². The molecule has 1 unspecified atom stereocenters. The highest BCUT2D eigenvalue weighted by Gasteiger charge is 2.49. The summed E-state index contributed by atoms with van der Waals surface area (Å²) in [6, 6.07) is 6.92. The number of alkyl halides is 3. The van der Waals surface area contributed by atoms with Crippen LogP contribution in [0.15, 0.2) is 41.2 Å². The van der Waals surface area contributed by atoms with E-state index >= 15 is 0 Å². The van der Waals surface area contributed by atoms with Crippen molar-refractivity contribution >= 4 is 34.6 Å². The molecule has 0 radical (unpaired) electrons. The van der Waals surface area contributed by atoms with Crippen LogP contribution in [0.5, 0.6) is 0 Å². The van der Waals surface area contributed by atoms with E-state index in [0.717, 1.165) is 11.0 Å². The molecular formula is C27H27F3N4O5. The predicted molar refractivity (Wildman–Crippen MR) is 135 cm³/mol. The van der Waals surface area contributed by atoms with Gasteiger partial charge in [0.1, 0.15) is 0 Å². The number of fused-ring (bicyclic) bond motifs is 2. The molecule has 0 saturated carbocycles. The van der Waals surface area contributed by atoms with Crippen LogP contribution in [0.3, 0.4) is 0 Å². The zero-order chi connectivity index (χ0) is 28.2. The number of esters is 1. The molecule has 2 atom stereocenters. The number of rotatable bonds is 5. The van der Waals surface area contributed by atoms with Gasteiger partial charge in [-0.15, -0.1) is 0 Å². The first-order valence-corrected chi connectivity index (χ1v) is 12.7. The van der Waals surface area contributed by atoms with Crippen LogP contribution >= 0.6 is 0 Å². The van der Waals surface area contributed by atoms with Crippen LogP contribution in [0.25, 0.3) is 11.0 Å². The van der Waals surface area contributed by atoms with E-state index in [1.807, 2.05) is 6.92 Å². The van der Waals surface area contributed by atoms with Crippen LogP contribution in [-0.2, 0) is 40.5 Å². The third kappa shape index (κ3) is 4.18. The molecule has 0 N–H and O–H groups in total. The number of aromatic nitrogens is 2. The van der Waals surface area contributed by atoms with Crippen molar-refractivity contribution in [3.63, 3.8) is 0 Å². The Morgan fingerprint density at radius 3 is 2.49 bits per heavy atom. The van der Waals surface area contributed by atoms with Crippen molar-refractivity contribution in [2.75, 3.05) is 18.1 Å². The van der Waals surface area contributed by atoms with E-state index in [9.17, 15) is 32.3 Å². The SMILES string of the molecule is CCOC(=O)C1CN(c2ccc3c(c2)n(CC)c(=O)n3C)C(=O)N([C@@H]2CCc3c2cccc3C(F)(F)F)C1=O. The average Bonchev–Trinajstić information content (AvgIpc) is 3.42. The van der Waals surface area contributed by atoms with E-state index in [-0.39, 0.29) is 42.8 Å². The standard InChI is InChI=1S/C27H27F3N4O5/c1-4-32-22-13-15(9-11-21(22)31(3)25(32)37)33-14-18(24(36)39-5-2)23(35)34(26(33)38)20-12-10-16-17(20)7-6-8-19(16)27(28,29)30/h6-9,11,13,18,20H,4-5,10,12,14H2,1-3H3/t18?,20-/m1/s1. The highest BCUT2D eigenvalue weighted by molar-refractivity contribution is 6.13. The van der Waals surface area contributed by atoms with Crippen LogP contribution in [-0.4, -0.2) is 45.1 Å².